The molecule has 0 fully saturated rings. The standard InChI is InChI=1S/C19H22N2O3/c1-23-17-4-2-3-5-18(17)24-9-8-19(22)21-11-14-6-7-15-12-20-13-16(15)10-14/h2-7,10,20H,8-9,11-13H2,1H3,(H,21,22). The fourth-order valence-electron chi connectivity index (χ4n) is 2.74. The molecule has 24 heavy (non-hydrogen) atoms. The van der Waals surface area contributed by atoms with Crippen LogP contribution in [-0.4, -0.2) is 19.6 Å². The molecule has 1 amide bonds. The zero-order chi connectivity index (χ0) is 16.8. The van der Waals surface area contributed by atoms with Crippen LogP contribution in [0.4, 0.5) is 0 Å². The van der Waals surface area contributed by atoms with Gasteiger partial charge < -0.3 is 20.1 Å². The number of hydrogen-bond donors (Lipinski definition) is 2. The van der Waals surface area contributed by atoms with Crippen molar-refractivity contribution in [3.63, 3.8) is 0 Å². The highest BCUT2D eigenvalue weighted by molar-refractivity contribution is 5.76. The van der Waals surface area contributed by atoms with E-state index in [9.17, 15) is 4.79 Å². The molecule has 0 radical (unpaired) electrons. The minimum atomic E-state index is -0.0245. The molecule has 2 N–H and O–H groups in total. The average molecular weight is 326 g/mol. The third kappa shape index (κ3) is 4.06. The number of fused-ring (bicyclic) bond motifs is 1. The molecule has 1 heterocycles. The molecule has 2 aromatic carbocycles. The van der Waals surface area contributed by atoms with Crippen molar-refractivity contribution < 1.29 is 14.3 Å². The van der Waals surface area contributed by atoms with Crippen LogP contribution in [-0.2, 0) is 24.4 Å². The Morgan fingerprint density at radius 1 is 1.12 bits per heavy atom. The maximum absolute atomic E-state index is 12.0. The number of ether oxygens (including phenoxy) is 2. The summed E-state index contributed by atoms with van der Waals surface area (Å²) in [6.45, 7) is 2.70. The molecule has 3 rings (SSSR count). The SMILES string of the molecule is COc1ccccc1OCCC(=O)NCc1ccc2c(c1)CNC2. The first kappa shape index (κ1) is 16.3. The van der Waals surface area contributed by atoms with Crippen molar-refractivity contribution >= 4 is 5.91 Å². The van der Waals surface area contributed by atoms with E-state index in [2.05, 4.69) is 28.8 Å². The predicted octanol–water partition coefficient (Wildman–Crippen LogP) is 2.38. The van der Waals surface area contributed by atoms with Crippen LogP contribution >= 0.6 is 0 Å². The highest BCUT2D eigenvalue weighted by Crippen LogP contribution is 2.25. The molecular formula is C19H22N2O3. The fraction of sp³-hybridized carbons (Fsp3) is 0.316. The van der Waals surface area contributed by atoms with Crippen LogP contribution in [0.3, 0.4) is 0 Å². The van der Waals surface area contributed by atoms with Gasteiger partial charge in [0.25, 0.3) is 0 Å². The first-order chi connectivity index (χ1) is 11.8. The number of carbonyl (C=O) groups is 1. The Labute approximate surface area is 142 Å². The molecule has 1 aliphatic heterocycles. The van der Waals surface area contributed by atoms with Gasteiger partial charge in [-0.2, -0.15) is 0 Å². The van der Waals surface area contributed by atoms with E-state index in [1.807, 2.05) is 24.3 Å². The van der Waals surface area contributed by atoms with Gasteiger partial charge in [-0.1, -0.05) is 30.3 Å². The second-order valence-corrected chi connectivity index (χ2v) is 5.73. The van der Waals surface area contributed by atoms with E-state index in [-0.39, 0.29) is 5.91 Å². The third-order valence-corrected chi connectivity index (χ3v) is 4.05. The zero-order valence-electron chi connectivity index (χ0n) is 13.8. The molecule has 0 unspecified atom stereocenters. The Morgan fingerprint density at radius 2 is 1.92 bits per heavy atom. The van der Waals surface area contributed by atoms with Crippen molar-refractivity contribution in [2.75, 3.05) is 13.7 Å². The van der Waals surface area contributed by atoms with Crippen molar-refractivity contribution in [2.45, 2.75) is 26.1 Å². The van der Waals surface area contributed by atoms with Gasteiger partial charge in [0.2, 0.25) is 5.91 Å². The van der Waals surface area contributed by atoms with Crippen LogP contribution in [0.15, 0.2) is 42.5 Å². The summed E-state index contributed by atoms with van der Waals surface area (Å²) < 4.78 is 10.8. The molecular weight excluding hydrogens is 304 g/mol. The molecule has 0 spiro atoms. The van der Waals surface area contributed by atoms with E-state index >= 15 is 0 Å². The van der Waals surface area contributed by atoms with Crippen LogP contribution in [0.5, 0.6) is 11.5 Å². The zero-order valence-corrected chi connectivity index (χ0v) is 13.8. The second-order valence-electron chi connectivity index (χ2n) is 5.73. The molecule has 0 saturated carbocycles. The molecule has 0 atom stereocenters. The van der Waals surface area contributed by atoms with Crippen LogP contribution in [0, 0.1) is 0 Å². The summed E-state index contributed by atoms with van der Waals surface area (Å²) in [5.74, 6) is 1.30. The Bertz CT molecular complexity index is 716. The van der Waals surface area contributed by atoms with Gasteiger partial charge >= 0.3 is 0 Å². The Hall–Kier alpha value is -2.53. The third-order valence-electron chi connectivity index (χ3n) is 4.05. The predicted molar refractivity (Wildman–Crippen MR) is 91.9 cm³/mol. The number of rotatable bonds is 7. The second kappa shape index (κ2) is 7.84. The maximum atomic E-state index is 12.0. The number of methoxy groups -OCH3 is 1. The lowest BCUT2D eigenvalue weighted by Crippen LogP contribution is -2.24. The Kier molecular flexibility index (Phi) is 5.33. The van der Waals surface area contributed by atoms with Gasteiger partial charge in [-0.05, 0) is 28.8 Å². The molecule has 5 nitrogen and oxygen atoms in total. The Balaban J connectivity index is 1.43. The van der Waals surface area contributed by atoms with Crippen molar-refractivity contribution in [2.24, 2.45) is 0 Å². The van der Waals surface area contributed by atoms with E-state index in [4.69, 9.17) is 9.47 Å². The molecule has 5 heteroatoms. The summed E-state index contributed by atoms with van der Waals surface area (Å²) in [5.41, 5.74) is 3.79. The summed E-state index contributed by atoms with van der Waals surface area (Å²) in [6, 6.07) is 13.8. The van der Waals surface area contributed by atoms with E-state index in [0.29, 0.717) is 31.1 Å². The van der Waals surface area contributed by atoms with Crippen molar-refractivity contribution in [3.8, 4) is 11.5 Å². The van der Waals surface area contributed by atoms with Gasteiger partial charge in [0.15, 0.2) is 11.5 Å². The molecule has 0 saturated heterocycles. The molecule has 1 aliphatic rings. The van der Waals surface area contributed by atoms with Crippen molar-refractivity contribution in [1.29, 1.82) is 0 Å². The minimum absolute atomic E-state index is 0.0245. The van der Waals surface area contributed by atoms with E-state index < -0.39 is 0 Å². The summed E-state index contributed by atoms with van der Waals surface area (Å²) in [6.07, 6.45) is 0.310. The van der Waals surface area contributed by atoms with Crippen LogP contribution in [0.1, 0.15) is 23.1 Å². The van der Waals surface area contributed by atoms with Gasteiger partial charge in [-0.25, -0.2) is 0 Å². The van der Waals surface area contributed by atoms with Gasteiger partial charge in [0, 0.05) is 19.6 Å². The largest absolute Gasteiger partial charge is 0.493 e. The van der Waals surface area contributed by atoms with Gasteiger partial charge in [-0.15, -0.1) is 0 Å². The Morgan fingerprint density at radius 3 is 2.75 bits per heavy atom. The summed E-state index contributed by atoms with van der Waals surface area (Å²) in [4.78, 5) is 12.0. The first-order valence-electron chi connectivity index (χ1n) is 8.10. The quantitative estimate of drug-likeness (QED) is 0.820. The van der Waals surface area contributed by atoms with Gasteiger partial charge in [0.05, 0.1) is 20.1 Å². The lowest BCUT2D eigenvalue weighted by Gasteiger charge is -2.10. The lowest BCUT2D eigenvalue weighted by atomic mass is 10.1. The lowest BCUT2D eigenvalue weighted by molar-refractivity contribution is -0.121. The molecule has 0 bridgehead atoms. The van der Waals surface area contributed by atoms with Crippen molar-refractivity contribution in [3.05, 3.63) is 59.2 Å². The molecule has 126 valence electrons. The summed E-state index contributed by atoms with van der Waals surface area (Å²) in [5, 5.41) is 6.25. The topological polar surface area (TPSA) is 59.6 Å². The highest BCUT2D eigenvalue weighted by Gasteiger charge is 2.10. The smallest absolute Gasteiger partial charge is 0.223 e. The fourth-order valence-corrected chi connectivity index (χ4v) is 2.74. The van der Waals surface area contributed by atoms with Gasteiger partial charge in [-0.3, -0.25) is 4.79 Å². The van der Waals surface area contributed by atoms with E-state index in [1.54, 1.807) is 7.11 Å². The number of hydrogen-bond acceptors (Lipinski definition) is 4. The maximum Gasteiger partial charge on any atom is 0.223 e. The number of amides is 1. The van der Waals surface area contributed by atoms with Gasteiger partial charge in [0.1, 0.15) is 0 Å². The van der Waals surface area contributed by atoms with Crippen LogP contribution in [0.25, 0.3) is 0 Å². The number of para-hydroxylation sites is 2. The number of carbonyl (C=O) groups excluding carboxylic acids is 1. The average Bonchev–Trinajstić information content (AvgIpc) is 3.08. The monoisotopic (exact) mass is 326 g/mol. The van der Waals surface area contributed by atoms with Crippen molar-refractivity contribution in [1.82, 2.24) is 10.6 Å². The summed E-state index contributed by atoms with van der Waals surface area (Å²) >= 11 is 0. The molecule has 2 aromatic rings. The molecule has 0 aliphatic carbocycles. The van der Waals surface area contributed by atoms with Crippen LogP contribution in [0.2, 0.25) is 0 Å². The summed E-state index contributed by atoms with van der Waals surface area (Å²) in [7, 11) is 1.60. The van der Waals surface area contributed by atoms with E-state index in [0.717, 1.165) is 18.7 Å². The molecule has 0 aromatic heterocycles. The highest BCUT2D eigenvalue weighted by atomic mass is 16.5. The van der Waals surface area contributed by atoms with E-state index in [1.165, 1.54) is 11.1 Å². The normalized spacial score (nSPS) is 12.5. The number of benzene rings is 2. The van der Waals surface area contributed by atoms with Crippen LogP contribution < -0.4 is 20.1 Å². The number of nitrogens with one attached hydrogen (secondary N) is 2. The first-order valence-corrected chi connectivity index (χ1v) is 8.10. The minimum Gasteiger partial charge on any atom is -0.493 e.